The maximum atomic E-state index is 10.7. The minimum Gasteiger partial charge on any atom is -0.303 e. The number of hydrogen-bond donors (Lipinski definition) is 1. The van der Waals surface area contributed by atoms with Gasteiger partial charge in [0, 0.05) is 6.54 Å². The highest BCUT2D eigenvalue weighted by Gasteiger charge is 2.44. The van der Waals surface area contributed by atoms with E-state index in [4.69, 9.17) is 13.0 Å². The van der Waals surface area contributed by atoms with Gasteiger partial charge < -0.3 is 4.90 Å². The van der Waals surface area contributed by atoms with Crippen molar-refractivity contribution in [1.82, 2.24) is 4.90 Å². The van der Waals surface area contributed by atoms with Crippen LogP contribution in [0.5, 0.6) is 0 Å². The maximum absolute atomic E-state index is 10.7. The van der Waals surface area contributed by atoms with Gasteiger partial charge in [-0.05, 0) is 38.3 Å². The van der Waals surface area contributed by atoms with Gasteiger partial charge in [-0.15, -0.1) is 0 Å². The third kappa shape index (κ3) is 11.3. The number of nitrogens with zero attached hydrogens (tertiary/aromatic N) is 1. The smallest absolute Gasteiger partial charge is 0.303 e. The highest BCUT2D eigenvalue weighted by Crippen LogP contribution is 2.21. The summed E-state index contributed by atoms with van der Waals surface area (Å²) in [5.74, 6) is 1.02. The fourth-order valence-electron chi connectivity index (χ4n) is 2.88. The van der Waals surface area contributed by atoms with E-state index in [0.29, 0.717) is 0 Å². The first-order valence-electron chi connectivity index (χ1n) is 8.87. The van der Waals surface area contributed by atoms with Gasteiger partial charge in [0.25, 0.3) is 0 Å². The Balaban J connectivity index is 0.000000561. The van der Waals surface area contributed by atoms with E-state index in [1.54, 1.807) is 0 Å². The molecule has 1 aliphatic rings. The molecular formula is C16H32F3NO3S. The van der Waals surface area contributed by atoms with E-state index in [2.05, 4.69) is 18.7 Å². The first kappa shape index (κ1) is 23.7. The summed E-state index contributed by atoms with van der Waals surface area (Å²) < 4.78 is 57.5. The zero-order valence-corrected chi connectivity index (χ0v) is 15.6. The molecule has 0 aliphatic carbocycles. The summed E-state index contributed by atoms with van der Waals surface area (Å²) in [7, 11) is -5.84. The standard InChI is InChI=1S/C15H31N.CHF3O3S/c1-3-5-6-7-8-9-12-16-13-11-15(14-16)10-4-2;2-1(3,4)8(5,6)7/h15H,3-14H2,1-2H3;(H,5,6,7). The monoisotopic (exact) mass is 375 g/mol. The quantitative estimate of drug-likeness (QED) is 0.355. The zero-order valence-electron chi connectivity index (χ0n) is 14.8. The van der Waals surface area contributed by atoms with Gasteiger partial charge >= 0.3 is 15.6 Å². The van der Waals surface area contributed by atoms with Crippen molar-refractivity contribution < 1.29 is 26.1 Å². The molecular weight excluding hydrogens is 343 g/mol. The predicted octanol–water partition coefficient (Wildman–Crippen LogP) is 4.86. The second kappa shape index (κ2) is 12.1. The molecule has 4 nitrogen and oxygen atoms in total. The van der Waals surface area contributed by atoms with Gasteiger partial charge in [-0.3, -0.25) is 4.55 Å². The molecule has 1 atom stereocenters. The van der Waals surface area contributed by atoms with Gasteiger partial charge in [-0.2, -0.15) is 21.6 Å². The topological polar surface area (TPSA) is 57.6 Å². The second-order valence-electron chi connectivity index (χ2n) is 6.43. The Morgan fingerprint density at radius 2 is 1.58 bits per heavy atom. The van der Waals surface area contributed by atoms with Crippen LogP contribution in [-0.2, 0) is 10.1 Å². The van der Waals surface area contributed by atoms with E-state index in [0.717, 1.165) is 5.92 Å². The SMILES string of the molecule is CCCCCCCCN1CCC(CCC)C1.O=S(=O)(O)C(F)(F)F. The molecule has 1 aliphatic heterocycles. The minimum atomic E-state index is -5.84. The average Bonchev–Trinajstić information content (AvgIpc) is 2.89. The normalized spacial score (nSPS) is 19.2. The lowest BCUT2D eigenvalue weighted by atomic mass is 10.0. The largest absolute Gasteiger partial charge is 0.522 e. The Morgan fingerprint density at radius 3 is 2.08 bits per heavy atom. The van der Waals surface area contributed by atoms with Gasteiger partial charge in [0.1, 0.15) is 0 Å². The summed E-state index contributed by atoms with van der Waals surface area (Å²) in [4.78, 5) is 2.69. The molecule has 1 unspecified atom stereocenters. The van der Waals surface area contributed by atoms with Crippen molar-refractivity contribution in [3.63, 3.8) is 0 Å². The lowest BCUT2D eigenvalue weighted by Crippen LogP contribution is -2.21. The average molecular weight is 375 g/mol. The van der Waals surface area contributed by atoms with Crippen LogP contribution in [0.3, 0.4) is 0 Å². The van der Waals surface area contributed by atoms with Gasteiger partial charge in [-0.25, -0.2) is 0 Å². The van der Waals surface area contributed by atoms with E-state index in [9.17, 15) is 13.2 Å². The number of alkyl halides is 3. The molecule has 0 bridgehead atoms. The predicted molar refractivity (Wildman–Crippen MR) is 90.4 cm³/mol. The van der Waals surface area contributed by atoms with E-state index in [1.165, 1.54) is 77.4 Å². The number of likely N-dealkylation sites (tertiary alicyclic amines) is 1. The van der Waals surface area contributed by atoms with Gasteiger partial charge in [0.05, 0.1) is 0 Å². The summed E-state index contributed by atoms with van der Waals surface area (Å²) >= 11 is 0. The van der Waals surface area contributed by atoms with Crippen molar-refractivity contribution in [3.05, 3.63) is 0 Å². The fraction of sp³-hybridized carbons (Fsp3) is 1.00. The molecule has 0 aromatic rings. The molecule has 1 heterocycles. The molecule has 0 aromatic carbocycles. The van der Waals surface area contributed by atoms with Crippen LogP contribution >= 0.6 is 0 Å². The van der Waals surface area contributed by atoms with Crippen molar-refractivity contribution >= 4 is 10.1 Å². The van der Waals surface area contributed by atoms with E-state index < -0.39 is 15.6 Å². The van der Waals surface area contributed by atoms with Crippen molar-refractivity contribution in [2.24, 2.45) is 5.92 Å². The lowest BCUT2D eigenvalue weighted by Gasteiger charge is -2.15. The highest BCUT2D eigenvalue weighted by molar-refractivity contribution is 7.86. The summed E-state index contributed by atoms with van der Waals surface area (Å²) in [5, 5.41) is 0. The molecule has 146 valence electrons. The molecule has 1 N–H and O–H groups in total. The molecule has 0 radical (unpaired) electrons. The van der Waals surface area contributed by atoms with Crippen LogP contribution in [-0.4, -0.2) is 43.0 Å². The molecule has 1 saturated heterocycles. The first-order chi connectivity index (χ1) is 11.1. The molecule has 0 saturated carbocycles. The van der Waals surface area contributed by atoms with Gasteiger partial charge in [0.2, 0.25) is 0 Å². The van der Waals surface area contributed by atoms with Crippen molar-refractivity contribution in [2.75, 3.05) is 19.6 Å². The fourth-order valence-corrected chi connectivity index (χ4v) is 2.88. The summed E-state index contributed by atoms with van der Waals surface area (Å²) in [6.07, 6.45) is 12.9. The Kier molecular flexibility index (Phi) is 11.9. The molecule has 0 aromatic heterocycles. The molecule has 0 amide bonds. The summed E-state index contributed by atoms with van der Waals surface area (Å²) in [6, 6.07) is 0. The molecule has 1 rings (SSSR count). The van der Waals surface area contributed by atoms with Gasteiger partial charge in [0.15, 0.2) is 0 Å². The lowest BCUT2D eigenvalue weighted by molar-refractivity contribution is -0.0510. The van der Waals surface area contributed by atoms with Crippen molar-refractivity contribution in [1.29, 1.82) is 0 Å². The maximum Gasteiger partial charge on any atom is 0.522 e. The number of rotatable bonds is 9. The third-order valence-corrected chi connectivity index (χ3v) is 4.77. The Bertz CT molecular complexity index is 413. The first-order valence-corrected chi connectivity index (χ1v) is 10.3. The van der Waals surface area contributed by atoms with Crippen molar-refractivity contribution in [3.8, 4) is 0 Å². The number of halogens is 3. The van der Waals surface area contributed by atoms with Crippen LogP contribution in [0.1, 0.15) is 71.6 Å². The molecule has 1 fully saturated rings. The number of hydrogen-bond acceptors (Lipinski definition) is 3. The summed E-state index contributed by atoms with van der Waals surface area (Å²) in [6.45, 7) is 8.74. The highest BCUT2D eigenvalue weighted by atomic mass is 32.2. The molecule has 24 heavy (non-hydrogen) atoms. The van der Waals surface area contributed by atoms with Crippen LogP contribution in [0.2, 0.25) is 0 Å². The van der Waals surface area contributed by atoms with Crippen LogP contribution < -0.4 is 0 Å². The van der Waals surface area contributed by atoms with Crippen LogP contribution in [0.25, 0.3) is 0 Å². The van der Waals surface area contributed by atoms with Gasteiger partial charge in [-0.1, -0.05) is 52.4 Å². The Hall–Kier alpha value is -0.340. The van der Waals surface area contributed by atoms with E-state index in [1.807, 2.05) is 0 Å². The minimum absolute atomic E-state index is 1.02. The van der Waals surface area contributed by atoms with Crippen LogP contribution in [0, 0.1) is 5.92 Å². The molecule has 0 spiro atoms. The van der Waals surface area contributed by atoms with E-state index in [-0.39, 0.29) is 0 Å². The second-order valence-corrected chi connectivity index (χ2v) is 7.85. The van der Waals surface area contributed by atoms with Crippen LogP contribution in [0.15, 0.2) is 0 Å². The Morgan fingerprint density at radius 1 is 1.04 bits per heavy atom. The van der Waals surface area contributed by atoms with Crippen molar-refractivity contribution in [2.45, 2.75) is 77.1 Å². The number of unbranched alkanes of at least 4 members (excludes halogenated alkanes) is 5. The van der Waals surface area contributed by atoms with E-state index >= 15 is 0 Å². The summed E-state index contributed by atoms with van der Waals surface area (Å²) in [5.41, 5.74) is -5.53. The Labute approximate surface area is 144 Å². The third-order valence-electron chi connectivity index (χ3n) is 4.19. The molecule has 8 heteroatoms. The van der Waals surface area contributed by atoms with Crippen LogP contribution in [0.4, 0.5) is 13.2 Å². The zero-order chi connectivity index (χ0) is 18.6.